The largest absolute Gasteiger partial charge is 0.381 e. The molecular weight excluding hydrogens is 264 g/mol. The van der Waals surface area contributed by atoms with Gasteiger partial charge >= 0.3 is 0 Å². The van der Waals surface area contributed by atoms with Crippen molar-refractivity contribution in [2.75, 3.05) is 33.9 Å². The molecule has 0 radical (unpaired) electrons. The molecule has 2 heterocycles. The molecule has 122 valence electrons. The van der Waals surface area contributed by atoms with Gasteiger partial charge < -0.3 is 20.1 Å². The Labute approximate surface area is 129 Å². The predicted octanol–water partition coefficient (Wildman–Crippen LogP) is 2.16. The summed E-state index contributed by atoms with van der Waals surface area (Å²) in [5.41, 5.74) is 7.13. The first-order valence-corrected chi connectivity index (χ1v) is 8.73. The van der Waals surface area contributed by atoms with Crippen molar-refractivity contribution in [3.8, 4) is 0 Å². The highest BCUT2D eigenvalue weighted by Crippen LogP contribution is 2.44. The lowest BCUT2D eigenvalue weighted by molar-refractivity contribution is -0.153. The highest BCUT2D eigenvalue weighted by Gasteiger charge is 2.48. The molecule has 4 heteroatoms. The van der Waals surface area contributed by atoms with Crippen molar-refractivity contribution in [1.82, 2.24) is 4.90 Å². The normalized spacial score (nSPS) is 33.4. The number of hydrogen-bond acceptors (Lipinski definition) is 4. The van der Waals surface area contributed by atoms with Gasteiger partial charge in [0.15, 0.2) is 0 Å². The van der Waals surface area contributed by atoms with Gasteiger partial charge in [-0.25, -0.2) is 0 Å². The molecule has 3 fully saturated rings. The second kappa shape index (κ2) is 6.15. The molecule has 0 bridgehead atoms. The fraction of sp³-hybridized carbons (Fsp3) is 1.00. The zero-order chi connectivity index (χ0) is 14.9. The molecule has 1 spiro atoms. The van der Waals surface area contributed by atoms with E-state index in [-0.39, 0.29) is 17.2 Å². The Kier molecular flexibility index (Phi) is 4.60. The third-order valence-electron chi connectivity index (χ3n) is 6.42. The number of ether oxygens (including phenoxy) is 2. The van der Waals surface area contributed by atoms with Gasteiger partial charge in [-0.3, -0.25) is 0 Å². The maximum Gasteiger partial charge on any atom is 0.0729 e. The lowest BCUT2D eigenvalue weighted by atomic mass is 9.71. The van der Waals surface area contributed by atoms with Gasteiger partial charge in [-0.15, -0.1) is 0 Å². The van der Waals surface area contributed by atoms with Crippen LogP contribution in [0.15, 0.2) is 0 Å². The number of hydrogen-bond donors (Lipinski definition) is 1. The molecule has 0 amide bonds. The zero-order valence-electron chi connectivity index (χ0n) is 13.8. The minimum absolute atomic E-state index is 0.0604. The average Bonchev–Trinajstić information content (AvgIpc) is 2.98. The van der Waals surface area contributed by atoms with Crippen LogP contribution in [-0.2, 0) is 9.47 Å². The molecule has 4 nitrogen and oxygen atoms in total. The van der Waals surface area contributed by atoms with Crippen LogP contribution < -0.4 is 5.73 Å². The summed E-state index contributed by atoms with van der Waals surface area (Å²) < 4.78 is 11.7. The van der Waals surface area contributed by atoms with Crippen LogP contribution in [0.5, 0.6) is 0 Å². The molecule has 1 saturated carbocycles. The number of likely N-dealkylation sites (N-methyl/N-ethyl adjacent to an activating group) is 1. The standard InChI is InChI=1S/C17H32N2O2/c1-19(2)17(6-3-4-7-17)15(18)14-5-10-21-16(13-14)8-11-20-12-9-16/h14-15H,3-13,18H2,1-2H3. The molecule has 2 atom stereocenters. The molecule has 2 N–H and O–H groups in total. The number of nitrogens with two attached hydrogens (primary N) is 1. The summed E-state index contributed by atoms with van der Waals surface area (Å²) >= 11 is 0. The molecule has 1 aliphatic carbocycles. The van der Waals surface area contributed by atoms with E-state index in [1.54, 1.807) is 0 Å². The number of nitrogens with zero attached hydrogens (tertiary/aromatic N) is 1. The summed E-state index contributed by atoms with van der Waals surface area (Å²) in [4.78, 5) is 2.41. The molecule has 0 aromatic carbocycles. The van der Waals surface area contributed by atoms with Crippen molar-refractivity contribution >= 4 is 0 Å². The van der Waals surface area contributed by atoms with Crippen LogP contribution >= 0.6 is 0 Å². The van der Waals surface area contributed by atoms with Gasteiger partial charge in [-0.1, -0.05) is 12.8 Å². The molecule has 0 aromatic heterocycles. The summed E-state index contributed by atoms with van der Waals surface area (Å²) in [6.07, 6.45) is 9.52. The Morgan fingerprint density at radius 2 is 1.71 bits per heavy atom. The van der Waals surface area contributed by atoms with Crippen molar-refractivity contribution in [2.24, 2.45) is 11.7 Å². The minimum atomic E-state index is 0.0604. The monoisotopic (exact) mass is 296 g/mol. The van der Waals surface area contributed by atoms with E-state index in [0.29, 0.717) is 5.92 Å². The van der Waals surface area contributed by atoms with Crippen LogP contribution in [0.4, 0.5) is 0 Å². The molecule has 2 unspecified atom stereocenters. The first kappa shape index (κ1) is 15.7. The first-order valence-electron chi connectivity index (χ1n) is 8.73. The Morgan fingerprint density at radius 3 is 2.33 bits per heavy atom. The summed E-state index contributed by atoms with van der Waals surface area (Å²) in [6, 6.07) is 0.276. The highest BCUT2D eigenvalue weighted by molar-refractivity contribution is 5.05. The van der Waals surface area contributed by atoms with Crippen molar-refractivity contribution in [3.63, 3.8) is 0 Å². The van der Waals surface area contributed by atoms with Gasteiger partial charge in [0.05, 0.1) is 5.60 Å². The maximum atomic E-state index is 6.85. The summed E-state index contributed by atoms with van der Waals surface area (Å²) in [5, 5.41) is 0. The molecule has 3 rings (SSSR count). The second-order valence-corrected chi connectivity index (χ2v) is 7.63. The van der Waals surface area contributed by atoms with E-state index in [2.05, 4.69) is 19.0 Å². The summed E-state index contributed by atoms with van der Waals surface area (Å²) in [5.74, 6) is 0.595. The quantitative estimate of drug-likeness (QED) is 0.867. The predicted molar refractivity (Wildman–Crippen MR) is 84.3 cm³/mol. The maximum absolute atomic E-state index is 6.85. The topological polar surface area (TPSA) is 47.7 Å². The van der Waals surface area contributed by atoms with E-state index in [9.17, 15) is 0 Å². The zero-order valence-corrected chi connectivity index (χ0v) is 13.8. The van der Waals surface area contributed by atoms with E-state index in [0.717, 1.165) is 45.5 Å². The third kappa shape index (κ3) is 2.88. The van der Waals surface area contributed by atoms with Gasteiger partial charge in [0.25, 0.3) is 0 Å². The molecule has 2 saturated heterocycles. The Bertz CT molecular complexity index is 341. The molecule has 2 aliphatic heterocycles. The van der Waals surface area contributed by atoms with Crippen LogP contribution in [0.3, 0.4) is 0 Å². The van der Waals surface area contributed by atoms with Gasteiger partial charge in [-0.2, -0.15) is 0 Å². The van der Waals surface area contributed by atoms with Crippen molar-refractivity contribution in [1.29, 1.82) is 0 Å². The number of rotatable bonds is 3. The van der Waals surface area contributed by atoms with Gasteiger partial charge in [0.2, 0.25) is 0 Å². The van der Waals surface area contributed by atoms with Gasteiger partial charge in [0.1, 0.15) is 0 Å². The average molecular weight is 296 g/mol. The van der Waals surface area contributed by atoms with Crippen LogP contribution in [0.1, 0.15) is 51.4 Å². The Morgan fingerprint density at radius 1 is 1.05 bits per heavy atom. The smallest absolute Gasteiger partial charge is 0.0729 e. The van der Waals surface area contributed by atoms with Gasteiger partial charge in [-0.05, 0) is 58.5 Å². The van der Waals surface area contributed by atoms with E-state index in [4.69, 9.17) is 15.2 Å². The van der Waals surface area contributed by atoms with E-state index in [1.165, 1.54) is 25.7 Å². The SMILES string of the molecule is CN(C)C1(C(N)C2CCOC3(CCOCC3)C2)CCCC1. The van der Waals surface area contributed by atoms with E-state index < -0.39 is 0 Å². The van der Waals surface area contributed by atoms with E-state index >= 15 is 0 Å². The van der Waals surface area contributed by atoms with E-state index in [1.807, 2.05) is 0 Å². The van der Waals surface area contributed by atoms with Crippen LogP contribution in [0.2, 0.25) is 0 Å². The van der Waals surface area contributed by atoms with Crippen molar-refractivity contribution < 1.29 is 9.47 Å². The first-order chi connectivity index (χ1) is 10.1. The Hall–Kier alpha value is -0.160. The van der Waals surface area contributed by atoms with Crippen molar-refractivity contribution in [3.05, 3.63) is 0 Å². The highest BCUT2D eigenvalue weighted by atomic mass is 16.5. The molecule has 3 aliphatic rings. The summed E-state index contributed by atoms with van der Waals surface area (Å²) in [7, 11) is 4.43. The minimum Gasteiger partial charge on any atom is -0.381 e. The lowest BCUT2D eigenvalue weighted by Gasteiger charge is -2.50. The fourth-order valence-corrected chi connectivity index (χ4v) is 4.97. The summed E-state index contributed by atoms with van der Waals surface area (Å²) in [6.45, 7) is 2.57. The third-order valence-corrected chi connectivity index (χ3v) is 6.42. The van der Waals surface area contributed by atoms with Crippen LogP contribution in [0, 0.1) is 5.92 Å². The van der Waals surface area contributed by atoms with Crippen molar-refractivity contribution in [2.45, 2.75) is 68.5 Å². The lowest BCUT2D eigenvalue weighted by Crippen LogP contribution is -2.61. The van der Waals surface area contributed by atoms with Gasteiger partial charge in [0, 0.05) is 31.4 Å². The van der Waals surface area contributed by atoms with Crippen LogP contribution in [0.25, 0.3) is 0 Å². The molecule has 0 aromatic rings. The Balaban J connectivity index is 1.73. The molecular formula is C17H32N2O2. The second-order valence-electron chi connectivity index (χ2n) is 7.63. The molecule has 21 heavy (non-hydrogen) atoms. The fourth-order valence-electron chi connectivity index (χ4n) is 4.97. The van der Waals surface area contributed by atoms with Crippen LogP contribution in [-0.4, -0.2) is 56.0 Å².